The SMILES string of the molecule is O=C(Nc1cc(F)ccc1N1CCNCC1)c1ccn2ncc(-c3ccc(COc4ccccc4)cc3)c2n1. The Kier molecular flexibility index (Phi) is 6.88. The molecule has 8 nitrogen and oxygen atoms in total. The molecule has 0 aliphatic carbocycles. The summed E-state index contributed by atoms with van der Waals surface area (Å²) in [5.41, 5.74) is 4.73. The summed E-state index contributed by atoms with van der Waals surface area (Å²) in [5.74, 6) is -0.0131. The highest BCUT2D eigenvalue weighted by atomic mass is 19.1. The zero-order chi connectivity index (χ0) is 26.6. The van der Waals surface area contributed by atoms with Gasteiger partial charge in [0.1, 0.15) is 23.9 Å². The van der Waals surface area contributed by atoms with E-state index in [1.54, 1.807) is 29.0 Å². The van der Waals surface area contributed by atoms with E-state index in [4.69, 9.17) is 4.74 Å². The van der Waals surface area contributed by atoms with Crippen LogP contribution in [0.25, 0.3) is 16.8 Å². The number of ether oxygens (including phenoxy) is 1. The molecular weight excluding hydrogens is 495 g/mol. The number of rotatable bonds is 7. The number of hydrogen-bond donors (Lipinski definition) is 2. The maximum atomic E-state index is 14.1. The molecule has 1 fully saturated rings. The number of nitrogens with one attached hydrogen (secondary N) is 2. The number of benzene rings is 3. The molecule has 5 aromatic rings. The van der Waals surface area contributed by atoms with Crippen LogP contribution in [0.3, 0.4) is 0 Å². The topological polar surface area (TPSA) is 83.8 Å². The molecule has 3 heterocycles. The third-order valence-corrected chi connectivity index (χ3v) is 6.68. The quantitative estimate of drug-likeness (QED) is 0.320. The third kappa shape index (κ3) is 5.44. The summed E-state index contributed by atoms with van der Waals surface area (Å²) in [5, 5.41) is 10.6. The molecule has 0 saturated carbocycles. The molecule has 2 aromatic heterocycles. The van der Waals surface area contributed by atoms with Gasteiger partial charge >= 0.3 is 0 Å². The molecule has 1 amide bonds. The maximum Gasteiger partial charge on any atom is 0.274 e. The second-order valence-corrected chi connectivity index (χ2v) is 9.29. The van der Waals surface area contributed by atoms with Gasteiger partial charge in [0.05, 0.1) is 17.6 Å². The van der Waals surface area contributed by atoms with Gasteiger partial charge in [-0.15, -0.1) is 0 Å². The van der Waals surface area contributed by atoms with Crippen molar-refractivity contribution < 1.29 is 13.9 Å². The summed E-state index contributed by atoms with van der Waals surface area (Å²) >= 11 is 0. The van der Waals surface area contributed by atoms with Gasteiger partial charge in [-0.2, -0.15) is 5.10 Å². The molecule has 1 saturated heterocycles. The monoisotopic (exact) mass is 522 g/mol. The minimum atomic E-state index is -0.417. The van der Waals surface area contributed by atoms with Crippen LogP contribution in [0.5, 0.6) is 5.75 Å². The van der Waals surface area contributed by atoms with E-state index in [0.717, 1.165) is 54.3 Å². The predicted octanol–water partition coefficient (Wildman–Crippen LogP) is 4.78. The minimum Gasteiger partial charge on any atom is -0.489 e. The molecule has 0 bridgehead atoms. The van der Waals surface area contributed by atoms with Gasteiger partial charge in [-0.3, -0.25) is 4.79 Å². The Hall–Kier alpha value is -4.76. The van der Waals surface area contributed by atoms with Crippen LogP contribution >= 0.6 is 0 Å². The molecule has 0 unspecified atom stereocenters. The lowest BCUT2D eigenvalue weighted by molar-refractivity contribution is 0.102. The van der Waals surface area contributed by atoms with Gasteiger partial charge in [0.15, 0.2) is 5.65 Å². The molecule has 1 aliphatic rings. The summed E-state index contributed by atoms with van der Waals surface area (Å²) in [6.07, 6.45) is 3.43. The van der Waals surface area contributed by atoms with Crippen molar-refractivity contribution in [2.75, 3.05) is 36.4 Å². The summed E-state index contributed by atoms with van der Waals surface area (Å²) in [7, 11) is 0. The number of carbonyl (C=O) groups excluding carboxylic acids is 1. The van der Waals surface area contributed by atoms with Crippen LogP contribution in [-0.4, -0.2) is 46.7 Å². The number of carbonyl (C=O) groups is 1. The first-order chi connectivity index (χ1) is 19.1. The van der Waals surface area contributed by atoms with Gasteiger partial charge in [0, 0.05) is 37.9 Å². The van der Waals surface area contributed by atoms with E-state index >= 15 is 0 Å². The van der Waals surface area contributed by atoms with Crippen LogP contribution in [0.2, 0.25) is 0 Å². The van der Waals surface area contributed by atoms with Crippen LogP contribution in [0.15, 0.2) is 91.3 Å². The largest absolute Gasteiger partial charge is 0.489 e. The normalized spacial score (nSPS) is 13.4. The van der Waals surface area contributed by atoms with Crippen molar-refractivity contribution in [1.29, 1.82) is 0 Å². The molecule has 0 atom stereocenters. The van der Waals surface area contributed by atoms with Crippen LogP contribution < -0.4 is 20.3 Å². The summed E-state index contributed by atoms with van der Waals surface area (Å²) in [4.78, 5) is 20.0. The van der Waals surface area contributed by atoms with Gasteiger partial charge in [-0.05, 0) is 47.5 Å². The minimum absolute atomic E-state index is 0.215. The maximum absolute atomic E-state index is 14.1. The number of anilines is 2. The first-order valence-electron chi connectivity index (χ1n) is 12.8. The second kappa shape index (κ2) is 10.9. The lowest BCUT2D eigenvalue weighted by atomic mass is 10.1. The fourth-order valence-corrected chi connectivity index (χ4v) is 4.64. The lowest BCUT2D eigenvalue weighted by Gasteiger charge is -2.31. The number of para-hydroxylation sites is 1. The highest BCUT2D eigenvalue weighted by Gasteiger charge is 2.19. The van der Waals surface area contributed by atoms with Gasteiger partial charge in [-0.25, -0.2) is 13.9 Å². The standard InChI is InChI=1S/C30H27FN6O2/c31-23-10-11-28(36-16-13-32-14-17-36)27(18-23)35-30(38)26-12-15-37-29(34-26)25(19-33-37)22-8-6-21(7-9-22)20-39-24-4-2-1-3-5-24/h1-12,15,18-19,32H,13-14,16-17,20H2,(H,35,38). The lowest BCUT2D eigenvalue weighted by Crippen LogP contribution is -2.43. The summed E-state index contributed by atoms with van der Waals surface area (Å²) < 4.78 is 21.6. The number of halogens is 1. The number of hydrogen-bond acceptors (Lipinski definition) is 6. The molecule has 196 valence electrons. The van der Waals surface area contributed by atoms with Crippen molar-refractivity contribution >= 4 is 22.9 Å². The Labute approximate surface area is 225 Å². The molecule has 0 radical (unpaired) electrons. The van der Waals surface area contributed by atoms with Crippen molar-refractivity contribution in [2.24, 2.45) is 0 Å². The number of aromatic nitrogens is 3. The number of fused-ring (bicyclic) bond motifs is 1. The van der Waals surface area contributed by atoms with E-state index in [0.29, 0.717) is 17.9 Å². The fourth-order valence-electron chi connectivity index (χ4n) is 4.64. The third-order valence-electron chi connectivity index (χ3n) is 6.68. The predicted molar refractivity (Wildman–Crippen MR) is 149 cm³/mol. The van der Waals surface area contributed by atoms with E-state index in [1.807, 2.05) is 54.6 Å². The van der Waals surface area contributed by atoms with Gasteiger partial charge < -0.3 is 20.3 Å². The van der Waals surface area contributed by atoms with E-state index < -0.39 is 11.7 Å². The molecule has 0 spiro atoms. The van der Waals surface area contributed by atoms with Crippen molar-refractivity contribution in [2.45, 2.75) is 6.61 Å². The zero-order valence-electron chi connectivity index (χ0n) is 21.2. The van der Waals surface area contributed by atoms with Crippen molar-refractivity contribution in [1.82, 2.24) is 19.9 Å². The van der Waals surface area contributed by atoms with Crippen LogP contribution in [0.1, 0.15) is 16.1 Å². The zero-order valence-corrected chi connectivity index (χ0v) is 21.2. The summed E-state index contributed by atoms with van der Waals surface area (Å²) in [6.45, 7) is 3.66. The van der Waals surface area contributed by atoms with E-state index in [9.17, 15) is 9.18 Å². The van der Waals surface area contributed by atoms with Crippen molar-refractivity contribution in [3.8, 4) is 16.9 Å². The van der Waals surface area contributed by atoms with Crippen LogP contribution in [0.4, 0.5) is 15.8 Å². The van der Waals surface area contributed by atoms with Gasteiger partial charge in [-0.1, -0.05) is 42.5 Å². The van der Waals surface area contributed by atoms with Crippen molar-refractivity contribution in [3.63, 3.8) is 0 Å². The Morgan fingerprint density at radius 1 is 1.00 bits per heavy atom. The summed E-state index contributed by atoms with van der Waals surface area (Å²) in [6, 6.07) is 23.7. The molecule has 39 heavy (non-hydrogen) atoms. The molecule has 2 N–H and O–H groups in total. The highest BCUT2D eigenvalue weighted by molar-refractivity contribution is 6.05. The number of piperazine rings is 1. The molecule has 1 aliphatic heterocycles. The fraction of sp³-hybridized carbons (Fsp3) is 0.167. The Morgan fingerprint density at radius 2 is 1.79 bits per heavy atom. The van der Waals surface area contributed by atoms with Crippen molar-refractivity contribution in [3.05, 3.63) is 108 Å². The van der Waals surface area contributed by atoms with Crippen LogP contribution in [0, 0.1) is 5.82 Å². The van der Waals surface area contributed by atoms with Gasteiger partial charge in [0.25, 0.3) is 5.91 Å². The average Bonchev–Trinajstić information content (AvgIpc) is 3.41. The first-order valence-corrected chi connectivity index (χ1v) is 12.8. The first kappa shape index (κ1) is 24.6. The Balaban J connectivity index is 1.22. The van der Waals surface area contributed by atoms with E-state index in [1.165, 1.54) is 12.1 Å². The Morgan fingerprint density at radius 3 is 2.59 bits per heavy atom. The smallest absolute Gasteiger partial charge is 0.274 e. The number of amides is 1. The van der Waals surface area contributed by atoms with Gasteiger partial charge in [0.2, 0.25) is 0 Å². The average molecular weight is 523 g/mol. The van der Waals surface area contributed by atoms with E-state index in [2.05, 4.69) is 25.6 Å². The molecule has 6 rings (SSSR count). The molecule has 3 aromatic carbocycles. The van der Waals surface area contributed by atoms with Crippen LogP contribution in [-0.2, 0) is 6.61 Å². The van der Waals surface area contributed by atoms with E-state index in [-0.39, 0.29) is 5.69 Å². The molecule has 9 heteroatoms. The second-order valence-electron chi connectivity index (χ2n) is 9.29. The Bertz CT molecular complexity index is 1600. The number of nitrogens with zero attached hydrogens (tertiary/aromatic N) is 4. The highest BCUT2D eigenvalue weighted by Crippen LogP contribution is 2.28. The molecular formula is C30H27FN6O2.